The van der Waals surface area contributed by atoms with Crippen LogP contribution in [0.2, 0.25) is 5.02 Å². The smallest absolute Gasteiger partial charge is 0.185 e. The van der Waals surface area contributed by atoms with E-state index in [4.69, 9.17) is 11.6 Å². The van der Waals surface area contributed by atoms with Gasteiger partial charge in [0.15, 0.2) is 5.78 Å². The topological polar surface area (TPSA) is 40.9 Å². The number of hydrogen-bond acceptors (Lipinski definition) is 2. The van der Waals surface area contributed by atoms with Crippen LogP contribution in [0.3, 0.4) is 0 Å². The van der Waals surface area contributed by atoms with Crippen LogP contribution in [-0.2, 0) is 0 Å². The molecule has 1 unspecified atom stereocenters. The average molecular weight is 367 g/mol. The second-order valence-electron chi connectivity index (χ2n) is 4.55. The minimum Gasteiger partial charge on any atom is -0.292 e. The Hall–Kier alpha value is -1.70. The highest BCUT2D eigenvalue weighted by atomic mass is 79.9. The quantitative estimate of drug-likeness (QED) is 0.714. The number of halogens is 3. The molecule has 1 atom stereocenters. The lowest BCUT2D eigenvalue weighted by molar-refractivity contribution is 0.0976. The van der Waals surface area contributed by atoms with Gasteiger partial charge >= 0.3 is 0 Å². The van der Waals surface area contributed by atoms with Gasteiger partial charge in [-0.1, -0.05) is 45.7 Å². The molecule has 0 bridgehead atoms. The molecule has 0 fully saturated rings. The molecule has 106 valence electrons. The van der Waals surface area contributed by atoms with E-state index < -0.39 is 17.5 Å². The number of Topliss-reactive ketones (excluding diaryl/α,β-unsaturated/α-hetero) is 1. The summed E-state index contributed by atoms with van der Waals surface area (Å²) in [5.41, 5.74) is 1.30. The summed E-state index contributed by atoms with van der Waals surface area (Å²) in [6.07, 6.45) is 0. The summed E-state index contributed by atoms with van der Waals surface area (Å²) in [6, 6.07) is 11.3. The largest absolute Gasteiger partial charge is 0.292 e. The van der Waals surface area contributed by atoms with Crippen molar-refractivity contribution in [1.82, 2.24) is 0 Å². The Bertz CT molecular complexity index is 754. The van der Waals surface area contributed by atoms with Gasteiger partial charge in [0.05, 0.1) is 11.1 Å². The Morgan fingerprint density at radius 1 is 1.38 bits per heavy atom. The molecule has 0 spiro atoms. The lowest BCUT2D eigenvalue weighted by atomic mass is 9.91. The maximum atomic E-state index is 14.0. The summed E-state index contributed by atoms with van der Waals surface area (Å²) in [7, 11) is 0. The van der Waals surface area contributed by atoms with Gasteiger partial charge in [-0.05, 0) is 30.7 Å². The number of aryl methyl sites for hydroxylation is 1. The second kappa shape index (κ2) is 6.38. The molecule has 0 aliphatic heterocycles. The molecule has 0 saturated heterocycles. The molecule has 0 aliphatic carbocycles. The second-order valence-corrected chi connectivity index (χ2v) is 5.81. The lowest BCUT2D eigenvalue weighted by Gasteiger charge is -2.12. The monoisotopic (exact) mass is 365 g/mol. The van der Waals surface area contributed by atoms with Gasteiger partial charge in [0.1, 0.15) is 11.7 Å². The summed E-state index contributed by atoms with van der Waals surface area (Å²) < 4.78 is 14.6. The first-order chi connectivity index (χ1) is 9.95. The van der Waals surface area contributed by atoms with Crippen molar-refractivity contribution >= 4 is 33.3 Å². The van der Waals surface area contributed by atoms with E-state index >= 15 is 0 Å². The predicted octanol–water partition coefficient (Wildman–Crippen LogP) is 5.04. The van der Waals surface area contributed by atoms with Gasteiger partial charge in [0.25, 0.3) is 0 Å². The Balaban J connectivity index is 2.49. The van der Waals surface area contributed by atoms with Gasteiger partial charge in [-0.3, -0.25) is 4.79 Å². The minimum atomic E-state index is -1.23. The van der Waals surface area contributed by atoms with Gasteiger partial charge < -0.3 is 0 Å². The fourth-order valence-electron chi connectivity index (χ4n) is 1.99. The highest BCUT2D eigenvalue weighted by Crippen LogP contribution is 2.29. The van der Waals surface area contributed by atoms with Crippen molar-refractivity contribution in [3.8, 4) is 6.07 Å². The first-order valence-electron chi connectivity index (χ1n) is 6.09. The molecular weight excluding hydrogens is 357 g/mol. The lowest BCUT2D eigenvalue weighted by Crippen LogP contribution is -2.13. The van der Waals surface area contributed by atoms with Crippen LogP contribution in [0.25, 0.3) is 0 Å². The van der Waals surface area contributed by atoms with Gasteiger partial charge in [-0.2, -0.15) is 5.26 Å². The third-order valence-corrected chi connectivity index (χ3v) is 4.02. The zero-order valence-corrected chi connectivity index (χ0v) is 13.4. The molecule has 0 saturated carbocycles. The van der Waals surface area contributed by atoms with Crippen molar-refractivity contribution in [2.45, 2.75) is 12.8 Å². The number of nitrogens with zero attached hydrogens (tertiary/aromatic N) is 1. The van der Waals surface area contributed by atoms with E-state index in [9.17, 15) is 14.4 Å². The van der Waals surface area contributed by atoms with Gasteiger partial charge in [-0.25, -0.2) is 4.39 Å². The summed E-state index contributed by atoms with van der Waals surface area (Å²) in [5, 5.41) is 9.17. The van der Waals surface area contributed by atoms with Crippen LogP contribution in [-0.4, -0.2) is 5.78 Å². The van der Waals surface area contributed by atoms with Gasteiger partial charge in [-0.15, -0.1) is 0 Å². The van der Waals surface area contributed by atoms with E-state index in [-0.39, 0.29) is 10.6 Å². The molecular formula is C16H10BrClFNO. The van der Waals surface area contributed by atoms with Gasteiger partial charge in [0.2, 0.25) is 0 Å². The first-order valence-corrected chi connectivity index (χ1v) is 7.26. The first kappa shape index (κ1) is 15.7. The highest BCUT2D eigenvalue weighted by molar-refractivity contribution is 9.10. The summed E-state index contributed by atoms with van der Waals surface area (Å²) in [5.74, 6) is -2.43. The molecule has 0 aromatic heterocycles. The van der Waals surface area contributed by atoms with Crippen molar-refractivity contribution in [2.24, 2.45) is 0 Å². The molecule has 2 rings (SSSR count). The molecule has 2 aromatic carbocycles. The van der Waals surface area contributed by atoms with E-state index in [1.807, 2.05) is 13.0 Å². The number of rotatable bonds is 3. The summed E-state index contributed by atoms with van der Waals surface area (Å²) in [6.45, 7) is 1.89. The molecule has 0 N–H and O–H groups in total. The maximum absolute atomic E-state index is 14.0. The van der Waals surface area contributed by atoms with E-state index in [2.05, 4.69) is 15.9 Å². The standard InChI is InChI=1S/C16H10BrClFNO/c1-9-5-6-11(13(17)7-9)16(21)12(8-20)10-3-2-4-14(18)15(10)19/h2-7,12H,1H3. The van der Waals surface area contributed by atoms with Crippen LogP contribution in [0.1, 0.15) is 27.4 Å². The SMILES string of the molecule is Cc1ccc(C(=O)C(C#N)c2cccc(Cl)c2F)c(Br)c1. The van der Waals surface area contributed by atoms with Crippen LogP contribution in [0.4, 0.5) is 4.39 Å². The molecule has 2 aromatic rings. The molecule has 21 heavy (non-hydrogen) atoms. The van der Waals surface area contributed by atoms with Crippen LogP contribution in [0, 0.1) is 24.1 Å². The molecule has 0 radical (unpaired) electrons. The normalized spacial score (nSPS) is 11.8. The number of nitriles is 1. The number of carbonyl (C=O) groups is 1. The Morgan fingerprint density at radius 3 is 2.71 bits per heavy atom. The fraction of sp³-hybridized carbons (Fsp3) is 0.125. The Labute approximate surface area is 135 Å². The van der Waals surface area contributed by atoms with Crippen LogP contribution < -0.4 is 0 Å². The van der Waals surface area contributed by atoms with E-state index in [0.717, 1.165) is 5.56 Å². The summed E-state index contributed by atoms with van der Waals surface area (Å²) in [4.78, 5) is 12.5. The van der Waals surface area contributed by atoms with Crippen molar-refractivity contribution in [3.05, 3.63) is 68.4 Å². The molecule has 0 aliphatic rings. The average Bonchev–Trinajstić information content (AvgIpc) is 2.44. The minimum absolute atomic E-state index is 0.0116. The number of hydrogen-bond donors (Lipinski definition) is 0. The zero-order valence-electron chi connectivity index (χ0n) is 11.0. The number of carbonyl (C=O) groups excluding carboxylic acids is 1. The number of benzene rings is 2. The third kappa shape index (κ3) is 3.15. The predicted molar refractivity (Wildman–Crippen MR) is 83.0 cm³/mol. The van der Waals surface area contributed by atoms with E-state index in [1.165, 1.54) is 18.2 Å². The molecule has 2 nitrogen and oxygen atoms in total. The third-order valence-electron chi connectivity index (χ3n) is 3.07. The van der Waals surface area contributed by atoms with Gasteiger partial charge in [0, 0.05) is 15.6 Å². The van der Waals surface area contributed by atoms with Crippen molar-refractivity contribution in [2.75, 3.05) is 0 Å². The van der Waals surface area contributed by atoms with E-state index in [1.54, 1.807) is 18.2 Å². The van der Waals surface area contributed by atoms with E-state index in [0.29, 0.717) is 10.0 Å². The fourth-order valence-corrected chi connectivity index (χ4v) is 2.86. The zero-order chi connectivity index (χ0) is 15.6. The number of ketones is 1. The summed E-state index contributed by atoms with van der Waals surface area (Å²) >= 11 is 9.01. The molecule has 5 heteroatoms. The maximum Gasteiger partial charge on any atom is 0.185 e. The van der Waals surface area contributed by atoms with Crippen LogP contribution in [0.15, 0.2) is 40.9 Å². The molecule has 0 heterocycles. The highest BCUT2D eigenvalue weighted by Gasteiger charge is 2.26. The van der Waals surface area contributed by atoms with Crippen molar-refractivity contribution in [1.29, 1.82) is 5.26 Å². The Kier molecular flexibility index (Phi) is 4.76. The molecule has 0 amide bonds. The van der Waals surface area contributed by atoms with Crippen LogP contribution >= 0.6 is 27.5 Å². The van der Waals surface area contributed by atoms with Crippen LogP contribution in [0.5, 0.6) is 0 Å². The van der Waals surface area contributed by atoms with Crippen molar-refractivity contribution < 1.29 is 9.18 Å². The Morgan fingerprint density at radius 2 is 2.10 bits per heavy atom. The van der Waals surface area contributed by atoms with Crippen molar-refractivity contribution in [3.63, 3.8) is 0 Å².